The number of nitrogens with one attached hydrogen (secondary N) is 2. The lowest BCUT2D eigenvalue weighted by Gasteiger charge is -2.30. The van der Waals surface area contributed by atoms with Crippen molar-refractivity contribution in [1.29, 1.82) is 0 Å². The minimum atomic E-state index is -0.665. The zero-order valence-corrected chi connectivity index (χ0v) is 19.2. The molecular formula is C24H26N6O5. The lowest BCUT2D eigenvalue weighted by Crippen LogP contribution is -2.52. The molecule has 4 amide bonds. The average Bonchev–Trinajstić information content (AvgIpc) is 3.33. The van der Waals surface area contributed by atoms with Gasteiger partial charge in [0.05, 0.1) is 18.5 Å². The summed E-state index contributed by atoms with van der Waals surface area (Å²) in [6.07, 6.45) is 6.07. The van der Waals surface area contributed by atoms with E-state index in [1.165, 1.54) is 9.58 Å². The van der Waals surface area contributed by atoms with Gasteiger partial charge in [0.2, 0.25) is 11.8 Å². The highest BCUT2D eigenvalue weighted by Gasteiger charge is 2.51. The Bertz CT molecular complexity index is 1230. The molecule has 2 aromatic rings. The second-order valence-corrected chi connectivity index (χ2v) is 9.81. The van der Waals surface area contributed by atoms with Crippen LogP contribution in [0.5, 0.6) is 0 Å². The first kappa shape index (κ1) is 21.9. The molecule has 4 heterocycles. The van der Waals surface area contributed by atoms with Crippen LogP contribution >= 0.6 is 0 Å². The maximum atomic E-state index is 12.9. The number of nitrogens with zero attached hydrogens (tertiary/aromatic N) is 4. The number of carbonyl (C=O) groups is 4. The molecule has 0 bridgehead atoms. The third-order valence-corrected chi connectivity index (χ3v) is 7.59. The van der Waals surface area contributed by atoms with Gasteiger partial charge in [-0.2, -0.15) is 0 Å². The molecule has 6 rings (SSSR count). The first-order chi connectivity index (χ1) is 16.9. The van der Waals surface area contributed by atoms with Crippen LogP contribution in [0.4, 0.5) is 0 Å². The highest BCUT2D eigenvalue weighted by Crippen LogP contribution is 2.45. The molecule has 3 fully saturated rings. The van der Waals surface area contributed by atoms with Crippen LogP contribution < -0.4 is 10.6 Å². The standard InChI is InChI=1S/C24H26N6O5/c31-20-6-5-19(22(33)25-20)29-11-14-10-16(3-4-17(14)23(29)34)30-12-18(27-28-30)21(32)26-24(7-8-24)15-2-1-9-35-13-15/h3-4,10,12,15,19H,1-2,5-9,11,13H2,(H,26,32)(H,25,31,33). The molecule has 0 spiro atoms. The SMILES string of the molecule is O=C1CCC(N2Cc3cc(-n4cc(C(=O)NC5(C6CCCOC6)CC5)nn4)ccc3C2=O)C(=O)N1. The highest BCUT2D eigenvalue weighted by atomic mass is 16.5. The molecule has 4 aliphatic rings. The molecule has 1 aliphatic carbocycles. The number of benzene rings is 1. The Morgan fingerprint density at radius 2 is 2.06 bits per heavy atom. The van der Waals surface area contributed by atoms with Crippen LogP contribution in [0.1, 0.15) is 64.9 Å². The normalized spacial score (nSPS) is 25.3. The van der Waals surface area contributed by atoms with Gasteiger partial charge in [0.1, 0.15) is 6.04 Å². The van der Waals surface area contributed by atoms with E-state index in [2.05, 4.69) is 20.9 Å². The van der Waals surface area contributed by atoms with E-state index in [1.54, 1.807) is 18.3 Å². The average molecular weight is 479 g/mol. The largest absolute Gasteiger partial charge is 0.381 e. The topological polar surface area (TPSA) is 136 Å². The Balaban J connectivity index is 1.16. The molecule has 2 unspecified atom stereocenters. The summed E-state index contributed by atoms with van der Waals surface area (Å²) in [5, 5.41) is 13.7. The van der Waals surface area contributed by atoms with Gasteiger partial charge in [-0.05, 0) is 55.9 Å². The minimum absolute atomic E-state index is 0.200. The summed E-state index contributed by atoms with van der Waals surface area (Å²) in [5.41, 5.74) is 1.97. The van der Waals surface area contributed by atoms with Crippen LogP contribution in [0.2, 0.25) is 0 Å². The van der Waals surface area contributed by atoms with Gasteiger partial charge in [0.25, 0.3) is 11.8 Å². The summed E-state index contributed by atoms with van der Waals surface area (Å²) in [6, 6.07) is 4.59. The van der Waals surface area contributed by atoms with E-state index < -0.39 is 11.9 Å². The molecule has 3 aliphatic heterocycles. The monoisotopic (exact) mass is 478 g/mol. The van der Waals surface area contributed by atoms with Crippen LogP contribution in [-0.4, -0.2) is 68.3 Å². The van der Waals surface area contributed by atoms with E-state index in [4.69, 9.17) is 4.74 Å². The van der Waals surface area contributed by atoms with E-state index in [1.807, 2.05) is 6.07 Å². The zero-order chi connectivity index (χ0) is 24.2. The molecule has 1 aromatic heterocycles. The van der Waals surface area contributed by atoms with Crippen LogP contribution in [0.15, 0.2) is 24.4 Å². The lowest BCUT2D eigenvalue weighted by molar-refractivity contribution is -0.136. The fourth-order valence-electron chi connectivity index (χ4n) is 5.43. The van der Waals surface area contributed by atoms with E-state index in [0.29, 0.717) is 30.2 Å². The van der Waals surface area contributed by atoms with E-state index >= 15 is 0 Å². The van der Waals surface area contributed by atoms with Crippen molar-refractivity contribution in [1.82, 2.24) is 30.5 Å². The molecule has 35 heavy (non-hydrogen) atoms. The van der Waals surface area contributed by atoms with Crippen molar-refractivity contribution in [3.8, 4) is 5.69 Å². The summed E-state index contributed by atoms with van der Waals surface area (Å²) < 4.78 is 7.12. The Morgan fingerprint density at radius 1 is 1.20 bits per heavy atom. The Hall–Kier alpha value is -3.60. The fraction of sp³-hybridized carbons (Fsp3) is 0.500. The Kier molecular flexibility index (Phi) is 5.17. The third kappa shape index (κ3) is 3.89. The van der Waals surface area contributed by atoms with Gasteiger partial charge < -0.3 is 15.0 Å². The molecule has 2 N–H and O–H groups in total. The summed E-state index contributed by atoms with van der Waals surface area (Å²) in [4.78, 5) is 51.0. The molecule has 182 valence electrons. The summed E-state index contributed by atoms with van der Waals surface area (Å²) in [5.74, 6) is -0.913. The van der Waals surface area contributed by atoms with Crippen molar-refractivity contribution in [3.63, 3.8) is 0 Å². The number of hydrogen-bond acceptors (Lipinski definition) is 7. The number of imide groups is 1. The number of amides is 4. The van der Waals surface area contributed by atoms with Gasteiger partial charge in [0.15, 0.2) is 5.69 Å². The summed E-state index contributed by atoms with van der Waals surface area (Å²) in [6.45, 7) is 1.73. The Morgan fingerprint density at radius 3 is 2.80 bits per heavy atom. The van der Waals surface area contributed by atoms with Gasteiger partial charge in [-0.1, -0.05) is 5.21 Å². The summed E-state index contributed by atoms with van der Waals surface area (Å²) >= 11 is 0. The van der Waals surface area contributed by atoms with Crippen molar-refractivity contribution in [2.75, 3.05) is 13.2 Å². The number of carbonyl (C=O) groups excluding carboxylic acids is 4. The number of aromatic nitrogens is 3. The lowest BCUT2D eigenvalue weighted by atomic mass is 9.91. The van der Waals surface area contributed by atoms with Crippen molar-refractivity contribution in [3.05, 3.63) is 41.2 Å². The minimum Gasteiger partial charge on any atom is -0.381 e. The van der Waals surface area contributed by atoms with Crippen LogP contribution in [0.3, 0.4) is 0 Å². The van der Waals surface area contributed by atoms with Gasteiger partial charge in [0, 0.05) is 36.6 Å². The highest BCUT2D eigenvalue weighted by molar-refractivity contribution is 6.05. The maximum absolute atomic E-state index is 12.9. The first-order valence-corrected chi connectivity index (χ1v) is 12.0. The van der Waals surface area contributed by atoms with Crippen molar-refractivity contribution in [2.24, 2.45) is 5.92 Å². The number of rotatable bonds is 5. The molecule has 1 saturated carbocycles. The number of hydrogen-bond donors (Lipinski definition) is 2. The zero-order valence-electron chi connectivity index (χ0n) is 19.2. The fourth-order valence-corrected chi connectivity index (χ4v) is 5.43. The molecule has 2 atom stereocenters. The van der Waals surface area contributed by atoms with E-state index in [9.17, 15) is 19.2 Å². The Labute approximate surface area is 201 Å². The number of ether oxygens (including phenoxy) is 1. The molecule has 11 nitrogen and oxygen atoms in total. The van der Waals surface area contributed by atoms with Gasteiger partial charge in [-0.25, -0.2) is 4.68 Å². The molecule has 2 saturated heterocycles. The van der Waals surface area contributed by atoms with Crippen molar-refractivity contribution in [2.45, 2.75) is 56.7 Å². The third-order valence-electron chi connectivity index (χ3n) is 7.59. The maximum Gasteiger partial charge on any atom is 0.273 e. The van der Waals surface area contributed by atoms with Crippen LogP contribution in [0, 0.1) is 5.92 Å². The van der Waals surface area contributed by atoms with Gasteiger partial charge in [-0.15, -0.1) is 5.10 Å². The van der Waals surface area contributed by atoms with Gasteiger partial charge >= 0.3 is 0 Å². The molecule has 11 heteroatoms. The molecule has 1 aromatic carbocycles. The quantitative estimate of drug-likeness (QED) is 0.605. The molecular weight excluding hydrogens is 452 g/mol. The second kappa shape index (κ2) is 8.26. The number of fused-ring (bicyclic) bond motifs is 1. The van der Waals surface area contributed by atoms with E-state index in [0.717, 1.165) is 37.9 Å². The van der Waals surface area contributed by atoms with Crippen molar-refractivity contribution < 1.29 is 23.9 Å². The molecule has 0 radical (unpaired) electrons. The van der Waals surface area contributed by atoms with Gasteiger partial charge in [-0.3, -0.25) is 24.5 Å². The van der Waals surface area contributed by atoms with Crippen LogP contribution in [-0.2, 0) is 20.9 Å². The first-order valence-electron chi connectivity index (χ1n) is 12.0. The van der Waals surface area contributed by atoms with Crippen molar-refractivity contribution >= 4 is 23.6 Å². The summed E-state index contributed by atoms with van der Waals surface area (Å²) in [7, 11) is 0. The predicted molar refractivity (Wildman–Crippen MR) is 120 cm³/mol. The number of piperidine rings is 1. The van der Waals surface area contributed by atoms with E-state index in [-0.39, 0.29) is 41.9 Å². The smallest absolute Gasteiger partial charge is 0.273 e. The predicted octanol–water partition coefficient (Wildman–Crippen LogP) is 0.717. The van der Waals surface area contributed by atoms with Crippen LogP contribution in [0.25, 0.3) is 5.69 Å². The second-order valence-electron chi connectivity index (χ2n) is 9.81.